The quantitative estimate of drug-likeness (QED) is 0.380. The molecule has 186 valence electrons. The van der Waals surface area contributed by atoms with E-state index in [2.05, 4.69) is 23.8 Å². The molecule has 2 nitrogen and oxygen atoms in total. The van der Waals surface area contributed by atoms with E-state index in [9.17, 15) is 13.2 Å². The number of ether oxygens (including phenoxy) is 2. The molecule has 0 aromatic heterocycles. The first kappa shape index (κ1) is 24.9. The van der Waals surface area contributed by atoms with Crippen molar-refractivity contribution in [3.63, 3.8) is 0 Å². The molecule has 0 bridgehead atoms. The van der Waals surface area contributed by atoms with Crippen LogP contribution in [-0.4, -0.2) is 6.36 Å². The highest BCUT2D eigenvalue weighted by Gasteiger charge is 2.32. The molecule has 0 saturated heterocycles. The maximum Gasteiger partial charge on any atom is 0.573 e. The van der Waals surface area contributed by atoms with Crippen molar-refractivity contribution in [2.24, 2.45) is 17.8 Å². The predicted octanol–water partition coefficient (Wildman–Crippen LogP) is 9.04. The molecule has 5 heteroatoms. The van der Waals surface area contributed by atoms with Crippen LogP contribution in [0.15, 0.2) is 48.5 Å². The smallest absolute Gasteiger partial charge is 0.489 e. The molecule has 2 fully saturated rings. The van der Waals surface area contributed by atoms with Crippen molar-refractivity contribution in [2.45, 2.75) is 90.0 Å². The zero-order valence-electron chi connectivity index (χ0n) is 20.2. The summed E-state index contributed by atoms with van der Waals surface area (Å²) in [5, 5.41) is 0. The van der Waals surface area contributed by atoms with Crippen molar-refractivity contribution in [3.05, 3.63) is 59.7 Å². The number of benzene rings is 2. The third-order valence-corrected chi connectivity index (χ3v) is 7.92. The number of alkyl halides is 3. The monoisotopic (exact) mass is 474 g/mol. The molecule has 4 rings (SSSR count). The summed E-state index contributed by atoms with van der Waals surface area (Å²) in [5.41, 5.74) is 2.14. The molecule has 0 N–H and O–H groups in total. The predicted molar refractivity (Wildman–Crippen MR) is 129 cm³/mol. The van der Waals surface area contributed by atoms with E-state index in [1.165, 1.54) is 81.9 Å². The average Bonchev–Trinajstić information content (AvgIpc) is 2.84. The lowest BCUT2D eigenvalue weighted by Gasteiger charge is -2.38. The van der Waals surface area contributed by atoms with Crippen LogP contribution in [-0.2, 0) is 6.61 Å². The van der Waals surface area contributed by atoms with Gasteiger partial charge in [-0.25, -0.2) is 0 Å². The zero-order valence-corrected chi connectivity index (χ0v) is 20.2. The van der Waals surface area contributed by atoms with E-state index in [1.54, 1.807) is 12.1 Å². The van der Waals surface area contributed by atoms with E-state index in [0.717, 1.165) is 29.1 Å². The maximum atomic E-state index is 12.3. The third-order valence-electron chi connectivity index (χ3n) is 7.92. The van der Waals surface area contributed by atoms with Crippen molar-refractivity contribution >= 4 is 0 Å². The van der Waals surface area contributed by atoms with Gasteiger partial charge in [-0.3, -0.25) is 0 Å². The summed E-state index contributed by atoms with van der Waals surface area (Å²) in [6.07, 6.45) is 9.00. The fourth-order valence-electron chi connectivity index (χ4n) is 6.09. The maximum absolute atomic E-state index is 12.3. The van der Waals surface area contributed by atoms with Crippen LogP contribution < -0.4 is 9.47 Å². The minimum Gasteiger partial charge on any atom is -0.489 e. The molecule has 2 aliphatic rings. The van der Waals surface area contributed by atoms with Crippen molar-refractivity contribution in [1.29, 1.82) is 0 Å². The Labute approximate surface area is 201 Å². The van der Waals surface area contributed by atoms with E-state index in [0.29, 0.717) is 12.5 Å². The summed E-state index contributed by atoms with van der Waals surface area (Å²) in [6, 6.07) is 14.2. The van der Waals surface area contributed by atoms with Crippen molar-refractivity contribution in [2.75, 3.05) is 0 Å². The Hall–Kier alpha value is -2.17. The van der Waals surface area contributed by atoms with Gasteiger partial charge in [0.05, 0.1) is 0 Å². The first-order chi connectivity index (χ1) is 16.4. The molecule has 0 spiro atoms. The van der Waals surface area contributed by atoms with Crippen LogP contribution in [0.3, 0.4) is 0 Å². The Bertz CT molecular complexity index is 877. The molecule has 0 amide bonds. The van der Waals surface area contributed by atoms with Crippen molar-refractivity contribution in [3.8, 4) is 11.5 Å². The summed E-state index contributed by atoms with van der Waals surface area (Å²) in [7, 11) is 0. The largest absolute Gasteiger partial charge is 0.573 e. The van der Waals surface area contributed by atoms with Crippen molar-refractivity contribution in [1.82, 2.24) is 0 Å². The van der Waals surface area contributed by atoms with Crippen LogP contribution in [0.2, 0.25) is 0 Å². The van der Waals surface area contributed by atoms with Gasteiger partial charge in [0.25, 0.3) is 0 Å². The molecule has 0 radical (unpaired) electrons. The second kappa shape index (κ2) is 11.5. The van der Waals surface area contributed by atoms with E-state index in [-0.39, 0.29) is 5.75 Å². The Morgan fingerprint density at radius 3 is 2.06 bits per heavy atom. The molecular weight excluding hydrogens is 437 g/mol. The normalized spacial score (nSPS) is 25.6. The zero-order chi connectivity index (χ0) is 24.0. The Balaban J connectivity index is 1.25. The highest BCUT2D eigenvalue weighted by Crippen LogP contribution is 2.44. The number of rotatable bonds is 8. The highest BCUT2D eigenvalue weighted by atomic mass is 19.4. The SMILES string of the molecule is CCCC1CCC(C2CCC(c3cccc(OCc4ccc(OC(F)(F)F)cc4)c3)CC2)CC1. The lowest BCUT2D eigenvalue weighted by atomic mass is 9.68. The van der Waals surface area contributed by atoms with Gasteiger partial charge in [0.2, 0.25) is 0 Å². The van der Waals surface area contributed by atoms with Crippen LogP contribution in [0.25, 0.3) is 0 Å². The van der Waals surface area contributed by atoms with E-state index in [4.69, 9.17) is 4.74 Å². The average molecular weight is 475 g/mol. The van der Waals surface area contributed by atoms with Gasteiger partial charge >= 0.3 is 6.36 Å². The molecule has 2 saturated carbocycles. The van der Waals surface area contributed by atoms with Crippen LogP contribution >= 0.6 is 0 Å². The summed E-state index contributed by atoms with van der Waals surface area (Å²) < 4.78 is 46.8. The standard InChI is InChI=1S/C29H37F3O2/c1-2-4-21-7-11-23(12-8-21)24-13-15-25(16-14-24)26-5-3-6-28(19-26)33-20-22-9-17-27(18-10-22)34-29(30,31)32/h3,5-6,9-10,17-19,21,23-25H,2,4,7-8,11-16,20H2,1H3. The Kier molecular flexibility index (Phi) is 8.44. The van der Waals surface area contributed by atoms with Gasteiger partial charge in [0.1, 0.15) is 18.1 Å². The topological polar surface area (TPSA) is 18.5 Å². The van der Waals surface area contributed by atoms with Crippen molar-refractivity contribution < 1.29 is 22.6 Å². The minimum absolute atomic E-state index is 0.220. The molecule has 0 atom stereocenters. The second-order valence-electron chi connectivity index (χ2n) is 10.2. The van der Waals surface area contributed by atoms with E-state index in [1.807, 2.05) is 12.1 Å². The summed E-state index contributed by atoms with van der Waals surface area (Å²) in [5.74, 6) is 4.01. The number of halogens is 3. The van der Waals surface area contributed by atoms with Gasteiger partial charge in [-0.05, 0) is 97.6 Å². The molecule has 2 aliphatic carbocycles. The van der Waals surface area contributed by atoms with E-state index < -0.39 is 6.36 Å². The Morgan fingerprint density at radius 1 is 0.794 bits per heavy atom. The van der Waals surface area contributed by atoms with E-state index >= 15 is 0 Å². The van der Waals surface area contributed by atoms with Gasteiger partial charge in [-0.1, -0.05) is 56.9 Å². The van der Waals surface area contributed by atoms with Gasteiger partial charge < -0.3 is 9.47 Å². The highest BCUT2D eigenvalue weighted by molar-refractivity contribution is 5.32. The third kappa shape index (κ3) is 7.16. The van der Waals surface area contributed by atoms with Gasteiger partial charge in [0.15, 0.2) is 0 Å². The molecular formula is C29H37F3O2. The first-order valence-corrected chi connectivity index (χ1v) is 13.0. The summed E-state index contributed by atoms with van der Waals surface area (Å²) >= 11 is 0. The fourth-order valence-corrected chi connectivity index (χ4v) is 6.09. The Morgan fingerprint density at radius 2 is 1.44 bits per heavy atom. The fraction of sp³-hybridized carbons (Fsp3) is 0.586. The lowest BCUT2D eigenvalue weighted by Crippen LogP contribution is -2.25. The summed E-state index contributed by atoms with van der Waals surface area (Å²) in [6.45, 7) is 2.62. The molecule has 0 aliphatic heterocycles. The molecule has 0 unspecified atom stereocenters. The molecule has 2 aromatic carbocycles. The number of hydrogen-bond donors (Lipinski definition) is 0. The van der Waals surface area contributed by atoms with Gasteiger partial charge in [0, 0.05) is 0 Å². The molecule has 34 heavy (non-hydrogen) atoms. The molecule has 2 aromatic rings. The van der Waals surface area contributed by atoms with Crippen LogP contribution in [0, 0.1) is 17.8 Å². The summed E-state index contributed by atoms with van der Waals surface area (Å²) in [4.78, 5) is 0. The van der Waals surface area contributed by atoms with Crippen LogP contribution in [0.4, 0.5) is 13.2 Å². The van der Waals surface area contributed by atoms with Gasteiger partial charge in [-0.15, -0.1) is 13.2 Å². The lowest BCUT2D eigenvalue weighted by molar-refractivity contribution is -0.274. The number of hydrogen-bond acceptors (Lipinski definition) is 2. The second-order valence-corrected chi connectivity index (χ2v) is 10.2. The first-order valence-electron chi connectivity index (χ1n) is 13.0. The molecule has 0 heterocycles. The van der Waals surface area contributed by atoms with Crippen LogP contribution in [0.1, 0.15) is 88.2 Å². The minimum atomic E-state index is -4.67. The van der Waals surface area contributed by atoms with Crippen LogP contribution in [0.5, 0.6) is 11.5 Å². The van der Waals surface area contributed by atoms with Gasteiger partial charge in [-0.2, -0.15) is 0 Å².